The predicted molar refractivity (Wildman–Crippen MR) is 272 cm³/mol. The number of likely N-dealkylation sites (tertiary alicyclic amines) is 1. The Bertz CT molecular complexity index is 2510. The largest absolute Gasteiger partial charge is 0.508 e. The van der Waals surface area contributed by atoms with Crippen LogP contribution in [0.2, 0.25) is 0 Å². The first-order valence-corrected chi connectivity index (χ1v) is 25.0. The molecule has 0 unspecified atom stereocenters. The van der Waals surface area contributed by atoms with Gasteiger partial charge in [0, 0.05) is 56.0 Å². The summed E-state index contributed by atoms with van der Waals surface area (Å²) in [7, 11) is 0. The number of nitrogens with two attached hydrogens (primary N) is 2. The lowest BCUT2D eigenvalue weighted by molar-refractivity contribution is -0.142. The Labute approximate surface area is 428 Å². The summed E-state index contributed by atoms with van der Waals surface area (Å²) in [6.45, 7) is 6.66. The maximum absolute atomic E-state index is 14.1. The first-order valence-electron chi connectivity index (χ1n) is 25.0. The number of fused-ring (bicyclic) bond motifs is 1. The number of carbonyl (C=O) groups is 9. The van der Waals surface area contributed by atoms with Gasteiger partial charge >= 0.3 is 0 Å². The number of hydrogen-bond acceptors (Lipinski definition) is 12. The van der Waals surface area contributed by atoms with E-state index >= 15 is 0 Å². The summed E-state index contributed by atoms with van der Waals surface area (Å²) in [5.74, 6) is -6.31. The normalized spacial score (nSPS) is 17.6. The molecular formula is C50H71N13O11. The van der Waals surface area contributed by atoms with E-state index in [1.807, 2.05) is 32.0 Å². The van der Waals surface area contributed by atoms with Crippen molar-refractivity contribution in [1.82, 2.24) is 52.4 Å². The molecule has 9 amide bonds. The summed E-state index contributed by atoms with van der Waals surface area (Å²) in [5.41, 5.74) is 12.9. The Morgan fingerprint density at radius 1 is 0.770 bits per heavy atom. The van der Waals surface area contributed by atoms with Gasteiger partial charge in [0.2, 0.25) is 53.2 Å². The molecule has 0 radical (unpaired) electrons. The molecule has 8 atom stereocenters. The van der Waals surface area contributed by atoms with Gasteiger partial charge in [0.05, 0.1) is 6.61 Å². The quantitative estimate of drug-likeness (QED) is 0.0237. The Hall–Kier alpha value is -7.76. The molecule has 24 heteroatoms. The van der Waals surface area contributed by atoms with E-state index in [1.165, 1.54) is 36.1 Å². The van der Waals surface area contributed by atoms with Crippen LogP contribution in [-0.2, 0) is 56.0 Å². The minimum atomic E-state index is -1.66. The van der Waals surface area contributed by atoms with Crippen molar-refractivity contribution in [3.63, 3.8) is 0 Å². The molecule has 0 bridgehead atoms. The summed E-state index contributed by atoms with van der Waals surface area (Å²) in [5, 5.41) is 42.3. The zero-order chi connectivity index (χ0) is 54.1. The minimum absolute atomic E-state index is 0.0504. The van der Waals surface area contributed by atoms with E-state index in [0.29, 0.717) is 43.5 Å². The second-order valence-corrected chi connectivity index (χ2v) is 19.0. The number of aromatic nitrogens is 1. The monoisotopic (exact) mass is 1030 g/mol. The standard InChI is InChI=1S/C50H71N13O11/c1-5-53-48(73)40-13-9-21-63(40)49(74)35(12-8-20-54-50(51)52)58-45(70)36(22-27(2)3)59-42(67)28(4)56-44(69)37(23-29-14-16-31(65)17-15-29)60-47(72)39(26-64)62-46(71)38(61-43(68)34-18-19-41(66)57-34)24-30-25-55-33-11-7-6-10-32(30)33/h6-7,10-11,14-17,25,27-28,34-40,55,64-65H,5,8-9,12-13,18-24,26H2,1-4H3,(H,53,73)(H,56,69)(H,57,66)(H,58,70)(H,59,67)(H,60,72)(H,61,68)(H,62,71)(H4,51,52,54)/t28-,34-,35-,36-,37-,38-,39-,40-/m0/s1. The van der Waals surface area contributed by atoms with Crippen LogP contribution in [0.5, 0.6) is 5.75 Å². The van der Waals surface area contributed by atoms with E-state index < -0.39 is 96.3 Å². The highest BCUT2D eigenvalue weighted by Gasteiger charge is 2.39. The molecule has 24 nitrogen and oxygen atoms in total. The van der Waals surface area contributed by atoms with Crippen molar-refractivity contribution < 1.29 is 53.4 Å². The molecule has 2 fully saturated rings. The number of phenolic OH excluding ortho intramolecular Hbond substituents is 1. The zero-order valence-electron chi connectivity index (χ0n) is 42.2. The number of rotatable bonds is 26. The number of guanidine groups is 1. The summed E-state index contributed by atoms with van der Waals surface area (Å²) in [4.78, 5) is 131. The molecule has 15 N–H and O–H groups in total. The Morgan fingerprint density at radius 3 is 2.07 bits per heavy atom. The summed E-state index contributed by atoms with van der Waals surface area (Å²) >= 11 is 0. The number of aromatic hydroxyl groups is 1. The van der Waals surface area contributed by atoms with E-state index in [4.69, 9.17) is 11.5 Å². The molecule has 5 rings (SSSR count). The third kappa shape index (κ3) is 16.4. The van der Waals surface area contributed by atoms with Crippen LogP contribution in [0.3, 0.4) is 0 Å². The molecule has 2 aliphatic rings. The van der Waals surface area contributed by atoms with Gasteiger partial charge in [-0.3, -0.25) is 48.1 Å². The van der Waals surface area contributed by atoms with E-state index in [1.54, 1.807) is 19.2 Å². The van der Waals surface area contributed by atoms with Gasteiger partial charge in [0.25, 0.3) is 0 Å². The van der Waals surface area contributed by atoms with Crippen molar-refractivity contribution in [3.8, 4) is 5.75 Å². The van der Waals surface area contributed by atoms with Crippen LogP contribution in [0.4, 0.5) is 0 Å². The van der Waals surface area contributed by atoms with Crippen LogP contribution in [0, 0.1) is 5.92 Å². The lowest BCUT2D eigenvalue weighted by Gasteiger charge is -2.30. The minimum Gasteiger partial charge on any atom is -0.508 e. The van der Waals surface area contributed by atoms with Gasteiger partial charge in [-0.25, -0.2) is 0 Å². The first-order chi connectivity index (χ1) is 35.3. The lowest BCUT2D eigenvalue weighted by Crippen LogP contribution is -2.60. The molecule has 3 heterocycles. The lowest BCUT2D eigenvalue weighted by atomic mass is 10.0. The van der Waals surface area contributed by atoms with Gasteiger partial charge in [0.15, 0.2) is 5.96 Å². The highest BCUT2D eigenvalue weighted by atomic mass is 16.3. The number of para-hydroxylation sites is 1. The van der Waals surface area contributed by atoms with E-state index in [2.05, 4.69) is 52.5 Å². The van der Waals surface area contributed by atoms with Crippen molar-refractivity contribution in [2.45, 2.75) is 134 Å². The summed E-state index contributed by atoms with van der Waals surface area (Å²) < 4.78 is 0. The third-order valence-electron chi connectivity index (χ3n) is 12.7. The van der Waals surface area contributed by atoms with Crippen LogP contribution in [0.1, 0.15) is 83.8 Å². The molecule has 402 valence electrons. The molecule has 0 spiro atoms. The Kier molecular flexibility index (Phi) is 21.1. The number of aromatic amines is 1. The van der Waals surface area contributed by atoms with E-state index in [-0.39, 0.29) is 74.5 Å². The highest BCUT2D eigenvalue weighted by Crippen LogP contribution is 2.22. The van der Waals surface area contributed by atoms with Crippen molar-refractivity contribution >= 4 is 70.0 Å². The molecule has 2 aromatic carbocycles. The van der Waals surface area contributed by atoms with Gasteiger partial charge in [-0.15, -0.1) is 0 Å². The topological polar surface area (TPSA) is 374 Å². The van der Waals surface area contributed by atoms with Crippen LogP contribution in [-0.4, -0.2) is 154 Å². The first kappa shape index (κ1) is 57.1. The van der Waals surface area contributed by atoms with Gasteiger partial charge in [-0.2, -0.15) is 0 Å². The van der Waals surface area contributed by atoms with Crippen molar-refractivity contribution in [2.24, 2.45) is 22.4 Å². The fraction of sp³-hybridized carbons (Fsp3) is 0.520. The zero-order valence-corrected chi connectivity index (χ0v) is 42.2. The SMILES string of the molecule is CCNC(=O)[C@@H]1CCCN1C(=O)[C@H](CCCN=C(N)N)NC(=O)[C@H](CC(C)C)NC(=O)[C@H](C)NC(=O)[C@H](Cc1ccc(O)cc1)NC(=O)[C@H](CO)NC(=O)[C@H](Cc1c[nH]c2ccccc12)NC(=O)[C@@H]1CCC(=O)N1. The smallest absolute Gasteiger partial charge is 0.245 e. The molecule has 0 aliphatic carbocycles. The molecule has 3 aromatic rings. The van der Waals surface area contributed by atoms with Gasteiger partial charge in [-0.05, 0) is 87.6 Å². The fourth-order valence-electron chi connectivity index (χ4n) is 8.84. The summed E-state index contributed by atoms with van der Waals surface area (Å²) in [6.07, 6.45) is 3.30. The van der Waals surface area contributed by atoms with Crippen molar-refractivity contribution in [3.05, 3.63) is 65.9 Å². The number of carbonyl (C=O) groups excluding carboxylic acids is 9. The van der Waals surface area contributed by atoms with Crippen LogP contribution in [0.15, 0.2) is 59.7 Å². The molecule has 2 aliphatic heterocycles. The van der Waals surface area contributed by atoms with Crippen LogP contribution in [0.25, 0.3) is 10.9 Å². The average Bonchev–Trinajstić information content (AvgIpc) is 4.14. The number of nitrogens with one attached hydrogen (secondary N) is 9. The maximum atomic E-state index is 14.1. The van der Waals surface area contributed by atoms with Crippen molar-refractivity contribution in [1.29, 1.82) is 0 Å². The number of hydrogen-bond donors (Lipinski definition) is 13. The number of phenols is 1. The fourth-order valence-corrected chi connectivity index (χ4v) is 8.84. The Balaban J connectivity index is 1.30. The number of likely N-dealkylation sites (N-methyl/N-ethyl adjacent to an activating group) is 1. The molecule has 1 aromatic heterocycles. The number of amides is 9. The third-order valence-corrected chi connectivity index (χ3v) is 12.7. The Morgan fingerprint density at radius 2 is 1.41 bits per heavy atom. The van der Waals surface area contributed by atoms with E-state index in [0.717, 1.165) is 10.9 Å². The van der Waals surface area contributed by atoms with Gasteiger partial charge in [0.1, 0.15) is 54.1 Å². The van der Waals surface area contributed by atoms with E-state index in [9.17, 15) is 53.4 Å². The number of benzene rings is 2. The highest BCUT2D eigenvalue weighted by molar-refractivity contribution is 5.99. The number of nitrogens with zero attached hydrogens (tertiary/aromatic N) is 2. The van der Waals surface area contributed by atoms with Crippen LogP contribution < -0.4 is 54.0 Å². The average molecular weight is 1030 g/mol. The number of H-pyrrole nitrogens is 1. The van der Waals surface area contributed by atoms with Crippen LogP contribution >= 0.6 is 0 Å². The van der Waals surface area contributed by atoms with Crippen molar-refractivity contribution in [2.75, 3.05) is 26.2 Å². The molecular weight excluding hydrogens is 959 g/mol. The second kappa shape index (κ2) is 27.3. The summed E-state index contributed by atoms with van der Waals surface area (Å²) in [6, 6.07) is 3.38. The van der Waals surface area contributed by atoms with Gasteiger partial charge < -0.3 is 74.1 Å². The predicted octanol–water partition coefficient (Wildman–Crippen LogP) is -1.91. The number of aliphatic hydroxyl groups excluding tert-OH is 1. The molecule has 0 saturated carbocycles. The maximum Gasteiger partial charge on any atom is 0.245 e. The molecule has 74 heavy (non-hydrogen) atoms. The van der Waals surface area contributed by atoms with Gasteiger partial charge in [-0.1, -0.05) is 44.2 Å². The number of aliphatic hydroxyl groups is 1. The second-order valence-electron chi connectivity index (χ2n) is 19.0. The molecule has 2 saturated heterocycles. The number of aliphatic imine (C=N–C) groups is 1.